The maximum atomic E-state index is 13.1. The van der Waals surface area contributed by atoms with Crippen LogP contribution in [0.15, 0.2) is 73.1 Å². The normalized spacial score (nSPS) is 15.6. The Kier molecular flexibility index (Phi) is 7.15. The summed E-state index contributed by atoms with van der Waals surface area (Å²) in [5, 5.41) is 0.505. The van der Waals surface area contributed by atoms with Crippen LogP contribution in [0.3, 0.4) is 0 Å². The van der Waals surface area contributed by atoms with Crippen molar-refractivity contribution in [3.05, 3.63) is 89.3 Å². The molecule has 170 valence electrons. The molecule has 1 fully saturated rings. The van der Waals surface area contributed by atoms with Crippen molar-refractivity contribution in [1.82, 2.24) is 4.98 Å². The lowest BCUT2D eigenvalue weighted by Crippen LogP contribution is -2.27. The summed E-state index contributed by atoms with van der Waals surface area (Å²) in [6.07, 6.45) is 5.98. The molecule has 33 heavy (non-hydrogen) atoms. The Morgan fingerprint density at radius 3 is 2.76 bits per heavy atom. The van der Waals surface area contributed by atoms with Gasteiger partial charge in [0.25, 0.3) is 5.91 Å². The molecule has 6 nitrogen and oxygen atoms in total. The van der Waals surface area contributed by atoms with Gasteiger partial charge in [0.1, 0.15) is 11.1 Å². The molecular formula is C26H26ClN3O3. The monoisotopic (exact) mass is 463 g/mol. The largest absolute Gasteiger partial charge is 0.504 e. The van der Waals surface area contributed by atoms with Crippen molar-refractivity contribution in [2.45, 2.75) is 12.5 Å². The SMILES string of the molecule is CO/C=C\c1cc(C(=O)N(C)c2ccccc2)ccc1N1CC[C@H](Oc2ncccc2Cl)C1. The summed E-state index contributed by atoms with van der Waals surface area (Å²) < 4.78 is 11.2. The summed E-state index contributed by atoms with van der Waals surface area (Å²) in [6.45, 7) is 1.51. The van der Waals surface area contributed by atoms with Crippen LogP contribution in [0.5, 0.6) is 5.88 Å². The zero-order chi connectivity index (χ0) is 23.2. The molecule has 0 bridgehead atoms. The van der Waals surface area contributed by atoms with E-state index in [-0.39, 0.29) is 12.0 Å². The minimum atomic E-state index is -0.0766. The minimum absolute atomic E-state index is 0.0258. The molecule has 0 radical (unpaired) electrons. The van der Waals surface area contributed by atoms with Gasteiger partial charge in [-0.15, -0.1) is 0 Å². The minimum Gasteiger partial charge on any atom is -0.504 e. The maximum Gasteiger partial charge on any atom is 0.258 e. The summed E-state index contributed by atoms with van der Waals surface area (Å²) >= 11 is 6.20. The number of aromatic nitrogens is 1. The van der Waals surface area contributed by atoms with Gasteiger partial charge >= 0.3 is 0 Å². The van der Waals surface area contributed by atoms with E-state index in [1.54, 1.807) is 43.6 Å². The van der Waals surface area contributed by atoms with E-state index in [1.807, 2.05) is 54.6 Å². The maximum absolute atomic E-state index is 13.1. The van der Waals surface area contributed by atoms with Gasteiger partial charge in [-0.25, -0.2) is 4.98 Å². The Balaban J connectivity index is 1.54. The molecule has 0 unspecified atom stereocenters. The fourth-order valence-corrected chi connectivity index (χ4v) is 4.04. The first-order chi connectivity index (χ1) is 16.1. The standard InChI is InChI=1S/C26H26ClN3O3/c1-29(21-7-4-3-5-8-21)26(31)20-10-11-24(19(17-20)13-16-32-2)30-15-12-22(18-30)33-25-23(27)9-6-14-28-25/h3-11,13-14,16-17,22H,12,15,18H2,1-2H3/b16-13-/t22-/m0/s1. The van der Waals surface area contributed by atoms with E-state index in [2.05, 4.69) is 9.88 Å². The highest BCUT2D eigenvalue weighted by molar-refractivity contribution is 6.31. The molecule has 4 rings (SSSR count). The average molecular weight is 464 g/mol. The van der Waals surface area contributed by atoms with Crippen LogP contribution in [0, 0.1) is 0 Å². The number of amides is 1. The third kappa shape index (κ3) is 5.29. The van der Waals surface area contributed by atoms with Crippen molar-refractivity contribution in [3.63, 3.8) is 0 Å². The number of hydrogen-bond acceptors (Lipinski definition) is 5. The van der Waals surface area contributed by atoms with Crippen molar-refractivity contribution in [1.29, 1.82) is 0 Å². The Morgan fingerprint density at radius 1 is 1.18 bits per heavy atom. The second-order valence-electron chi connectivity index (χ2n) is 7.78. The van der Waals surface area contributed by atoms with E-state index in [4.69, 9.17) is 21.1 Å². The van der Waals surface area contributed by atoms with Gasteiger partial charge in [0.2, 0.25) is 5.88 Å². The zero-order valence-electron chi connectivity index (χ0n) is 18.6. The lowest BCUT2D eigenvalue weighted by molar-refractivity contribution is 0.0993. The second kappa shape index (κ2) is 10.4. The smallest absolute Gasteiger partial charge is 0.258 e. The Bertz CT molecular complexity index is 1140. The van der Waals surface area contributed by atoms with Crippen LogP contribution in [0.1, 0.15) is 22.3 Å². The van der Waals surface area contributed by atoms with E-state index in [0.717, 1.165) is 29.9 Å². The molecular weight excluding hydrogens is 438 g/mol. The number of carbonyl (C=O) groups is 1. The van der Waals surface area contributed by atoms with Crippen molar-refractivity contribution >= 4 is 35.0 Å². The number of methoxy groups -OCH3 is 1. The zero-order valence-corrected chi connectivity index (χ0v) is 19.4. The predicted molar refractivity (Wildman–Crippen MR) is 132 cm³/mol. The molecule has 3 aromatic rings. The molecule has 2 heterocycles. The number of anilines is 2. The van der Waals surface area contributed by atoms with Gasteiger partial charge in [-0.05, 0) is 48.5 Å². The van der Waals surface area contributed by atoms with E-state index in [1.165, 1.54) is 0 Å². The van der Waals surface area contributed by atoms with E-state index in [9.17, 15) is 4.79 Å². The number of para-hydroxylation sites is 1. The third-order valence-corrected chi connectivity index (χ3v) is 5.88. The third-order valence-electron chi connectivity index (χ3n) is 5.60. The molecule has 0 aliphatic carbocycles. The summed E-state index contributed by atoms with van der Waals surface area (Å²) in [7, 11) is 3.38. The molecule has 7 heteroatoms. The average Bonchev–Trinajstić information content (AvgIpc) is 3.32. The molecule has 1 aliphatic heterocycles. The van der Waals surface area contributed by atoms with Gasteiger partial charge < -0.3 is 19.3 Å². The van der Waals surface area contributed by atoms with Crippen molar-refractivity contribution in [2.24, 2.45) is 0 Å². The molecule has 0 saturated carbocycles. The molecule has 0 spiro atoms. The first-order valence-corrected chi connectivity index (χ1v) is 11.1. The molecule has 1 amide bonds. The molecule has 1 saturated heterocycles. The number of hydrogen-bond donors (Lipinski definition) is 0. The number of nitrogens with zero attached hydrogens (tertiary/aromatic N) is 3. The van der Waals surface area contributed by atoms with Crippen LogP contribution in [-0.2, 0) is 4.74 Å². The highest BCUT2D eigenvalue weighted by Crippen LogP contribution is 2.30. The van der Waals surface area contributed by atoms with Crippen molar-refractivity contribution in [2.75, 3.05) is 37.0 Å². The quantitative estimate of drug-likeness (QED) is 0.446. The van der Waals surface area contributed by atoms with Crippen LogP contribution < -0.4 is 14.5 Å². The molecule has 1 atom stereocenters. The van der Waals surface area contributed by atoms with Crippen LogP contribution in [0.25, 0.3) is 6.08 Å². The summed E-state index contributed by atoms with van der Waals surface area (Å²) in [5.74, 6) is 0.377. The van der Waals surface area contributed by atoms with E-state index in [0.29, 0.717) is 23.0 Å². The summed E-state index contributed by atoms with van der Waals surface area (Å²) in [4.78, 5) is 21.2. The first kappa shape index (κ1) is 22.7. The first-order valence-electron chi connectivity index (χ1n) is 10.8. The van der Waals surface area contributed by atoms with Gasteiger partial charge in [-0.2, -0.15) is 0 Å². The van der Waals surface area contributed by atoms with Crippen LogP contribution in [-0.4, -0.2) is 44.2 Å². The highest BCUT2D eigenvalue weighted by Gasteiger charge is 2.27. The van der Waals surface area contributed by atoms with Crippen LogP contribution in [0.4, 0.5) is 11.4 Å². The topological polar surface area (TPSA) is 54.9 Å². The Labute approximate surface area is 199 Å². The van der Waals surface area contributed by atoms with Crippen molar-refractivity contribution in [3.8, 4) is 5.88 Å². The van der Waals surface area contributed by atoms with Gasteiger partial charge in [0, 0.05) is 48.7 Å². The van der Waals surface area contributed by atoms with Crippen LogP contribution >= 0.6 is 11.6 Å². The number of benzene rings is 2. The highest BCUT2D eigenvalue weighted by atomic mass is 35.5. The van der Waals surface area contributed by atoms with E-state index < -0.39 is 0 Å². The number of ether oxygens (including phenoxy) is 2. The van der Waals surface area contributed by atoms with Gasteiger partial charge in [-0.3, -0.25) is 4.79 Å². The second-order valence-corrected chi connectivity index (χ2v) is 8.18. The Hall–Kier alpha value is -3.51. The summed E-state index contributed by atoms with van der Waals surface area (Å²) in [5.41, 5.74) is 3.36. The number of carbonyl (C=O) groups excluding carboxylic acids is 1. The van der Waals surface area contributed by atoms with E-state index >= 15 is 0 Å². The lowest BCUT2D eigenvalue weighted by Gasteiger charge is -2.23. The Morgan fingerprint density at radius 2 is 2.00 bits per heavy atom. The van der Waals surface area contributed by atoms with Gasteiger partial charge in [0.05, 0.1) is 19.9 Å². The molecule has 1 aliphatic rings. The van der Waals surface area contributed by atoms with Crippen molar-refractivity contribution < 1.29 is 14.3 Å². The van der Waals surface area contributed by atoms with Crippen LogP contribution in [0.2, 0.25) is 5.02 Å². The molecule has 2 aromatic carbocycles. The number of rotatable bonds is 7. The molecule has 0 N–H and O–H groups in total. The fourth-order valence-electron chi connectivity index (χ4n) is 3.87. The number of pyridine rings is 1. The fraction of sp³-hybridized carbons (Fsp3) is 0.231. The lowest BCUT2D eigenvalue weighted by atomic mass is 10.1. The van der Waals surface area contributed by atoms with Gasteiger partial charge in [0.15, 0.2) is 0 Å². The summed E-state index contributed by atoms with van der Waals surface area (Å²) in [6, 6.07) is 18.9. The predicted octanol–water partition coefficient (Wildman–Crippen LogP) is 5.29. The van der Waals surface area contributed by atoms with Gasteiger partial charge in [-0.1, -0.05) is 29.8 Å². The molecule has 1 aromatic heterocycles. The number of halogens is 1.